The Morgan fingerprint density at radius 2 is 1.81 bits per heavy atom. The first-order chi connectivity index (χ1) is 9.70. The van der Waals surface area contributed by atoms with Gasteiger partial charge in [-0.25, -0.2) is 12.8 Å². The van der Waals surface area contributed by atoms with Gasteiger partial charge in [-0.3, -0.25) is 4.72 Å². The lowest BCUT2D eigenvalue weighted by molar-refractivity contribution is 0.471. The number of benzene rings is 2. The molecule has 0 unspecified atom stereocenters. The molecular weight excluding hydrogens is 295 g/mol. The van der Waals surface area contributed by atoms with Crippen molar-refractivity contribution >= 4 is 21.4 Å². The molecule has 0 heterocycles. The topological polar surface area (TPSA) is 92.4 Å². The standard InChI is InChI=1S/C14H15FN2O3S/c1-8-3-4-10(6-13(8)18)17-21(19,20)14-7-12(16)11(15)5-9(14)2/h3-7,17-18H,16H2,1-2H3. The first-order valence-corrected chi connectivity index (χ1v) is 7.57. The molecule has 4 N–H and O–H groups in total. The predicted octanol–water partition coefficient (Wildman–Crippen LogP) is 2.53. The number of rotatable bonds is 3. The predicted molar refractivity (Wildman–Crippen MR) is 79.2 cm³/mol. The molecular formula is C14H15FN2O3S. The highest BCUT2D eigenvalue weighted by Gasteiger charge is 2.19. The fourth-order valence-electron chi connectivity index (χ4n) is 1.84. The SMILES string of the molecule is Cc1ccc(NS(=O)(=O)c2cc(N)c(F)cc2C)cc1O. The summed E-state index contributed by atoms with van der Waals surface area (Å²) in [6, 6.07) is 6.54. The number of phenols is 1. The van der Waals surface area contributed by atoms with E-state index >= 15 is 0 Å². The molecule has 0 amide bonds. The zero-order valence-corrected chi connectivity index (χ0v) is 12.3. The fourth-order valence-corrected chi connectivity index (χ4v) is 3.15. The molecule has 0 saturated carbocycles. The van der Waals surface area contributed by atoms with Crippen LogP contribution in [0.4, 0.5) is 15.8 Å². The van der Waals surface area contributed by atoms with Gasteiger partial charge in [0.2, 0.25) is 0 Å². The van der Waals surface area contributed by atoms with E-state index in [1.807, 2.05) is 0 Å². The van der Waals surface area contributed by atoms with Crippen LogP contribution < -0.4 is 10.5 Å². The first-order valence-electron chi connectivity index (χ1n) is 6.09. The van der Waals surface area contributed by atoms with E-state index in [0.717, 1.165) is 12.1 Å². The number of aryl methyl sites for hydroxylation is 2. The van der Waals surface area contributed by atoms with Crippen molar-refractivity contribution in [2.24, 2.45) is 0 Å². The molecule has 2 rings (SSSR count). The molecule has 0 bridgehead atoms. The van der Waals surface area contributed by atoms with Crippen molar-refractivity contribution in [1.29, 1.82) is 0 Å². The number of halogens is 1. The molecule has 0 aliphatic heterocycles. The zero-order valence-electron chi connectivity index (χ0n) is 11.5. The van der Waals surface area contributed by atoms with E-state index in [2.05, 4.69) is 4.72 Å². The molecule has 0 radical (unpaired) electrons. The highest BCUT2D eigenvalue weighted by Crippen LogP contribution is 2.26. The maximum atomic E-state index is 13.3. The number of nitrogen functional groups attached to an aromatic ring is 1. The van der Waals surface area contributed by atoms with Gasteiger partial charge in [-0.1, -0.05) is 6.07 Å². The van der Waals surface area contributed by atoms with Crippen LogP contribution in [0.25, 0.3) is 0 Å². The molecule has 7 heteroatoms. The van der Waals surface area contributed by atoms with Gasteiger partial charge >= 0.3 is 0 Å². The number of sulfonamides is 1. The van der Waals surface area contributed by atoms with Crippen molar-refractivity contribution in [3.63, 3.8) is 0 Å². The van der Waals surface area contributed by atoms with Crippen LogP contribution in [0, 0.1) is 19.7 Å². The Balaban J connectivity index is 2.43. The van der Waals surface area contributed by atoms with Crippen molar-refractivity contribution in [2.45, 2.75) is 18.7 Å². The Morgan fingerprint density at radius 3 is 2.43 bits per heavy atom. The van der Waals surface area contributed by atoms with Crippen LogP contribution in [0.15, 0.2) is 35.2 Å². The van der Waals surface area contributed by atoms with Gasteiger partial charge in [-0.15, -0.1) is 0 Å². The van der Waals surface area contributed by atoms with E-state index < -0.39 is 15.8 Å². The average Bonchev–Trinajstić information content (AvgIpc) is 2.37. The molecule has 0 saturated heterocycles. The van der Waals surface area contributed by atoms with Crippen LogP contribution in [0.2, 0.25) is 0 Å². The lowest BCUT2D eigenvalue weighted by Gasteiger charge is -2.12. The molecule has 0 aromatic heterocycles. The number of hydrogen-bond donors (Lipinski definition) is 3. The average molecular weight is 310 g/mol. The fraction of sp³-hybridized carbons (Fsp3) is 0.143. The largest absolute Gasteiger partial charge is 0.508 e. The molecule has 21 heavy (non-hydrogen) atoms. The van der Waals surface area contributed by atoms with Gasteiger partial charge in [-0.2, -0.15) is 0 Å². The molecule has 0 atom stereocenters. The summed E-state index contributed by atoms with van der Waals surface area (Å²) in [6.07, 6.45) is 0. The minimum Gasteiger partial charge on any atom is -0.508 e. The third kappa shape index (κ3) is 3.08. The van der Waals surface area contributed by atoms with E-state index in [0.29, 0.717) is 5.56 Å². The Kier molecular flexibility index (Phi) is 3.78. The minimum atomic E-state index is -3.92. The summed E-state index contributed by atoms with van der Waals surface area (Å²) in [5.41, 5.74) is 6.25. The van der Waals surface area contributed by atoms with E-state index in [1.54, 1.807) is 13.0 Å². The second-order valence-corrected chi connectivity index (χ2v) is 6.40. The molecule has 112 valence electrons. The maximum Gasteiger partial charge on any atom is 0.262 e. The molecule has 0 aliphatic carbocycles. The van der Waals surface area contributed by atoms with Gasteiger partial charge in [0.25, 0.3) is 10.0 Å². The zero-order chi connectivity index (χ0) is 15.8. The number of aromatic hydroxyl groups is 1. The van der Waals surface area contributed by atoms with Crippen LogP contribution in [0.5, 0.6) is 5.75 Å². The number of hydrogen-bond acceptors (Lipinski definition) is 4. The van der Waals surface area contributed by atoms with Crippen LogP contribution in [0.3, 0.4) is 0 Å². The van der Waals surface area contributed by atoms with Crippen molar-refractivity contribution in [3.8, 4) is 5.75 Å². The number of nitrogens with two attached hydrogens (primary N) is 1. The van der Waals surface area contributed by atoms with Crippen LogP contribution in [-0.4, -0.2) is 13.5 Å². The maximum absolute atomic E-state index is 13.3. The summed E-state index contributed by atoms with van der Waals surface area (Å²) in [7, 11) is -3.92. The lowest BCUT2D eigenvalue weighted by atomic mass is 10.2. The van der Waals surface area contributed by atoms with Crippen molar-refractivity contribution in [1.82, 2.24) is 0 Å². The van der Waals surface area contributed by atoms with Gasteiger partial charge in [0.05, 0.1) is 16.3 Å². The van der Waals surface area contributed by atoms with Crippen molar-refractivity contribution < 1.29 is 17.9 Å². The van der Waals surface area contributed by atoms with Gasteiger partial charge in [0.1, 0.15) is 11.6 Å². The monoisotopic (exact) mass is 310 g/mol. The van der Waals surface area contributed by atoms with Crippen molar-refractivity contribution in [2.75, 3.05) is 10.5 Å². The summed E-state index contributed by atoms with van der Waals surface area (Å²) in [5.74, 6) is -0.690. The van der Waals surface area contributed by atoms with Gasteiger partial charge in [-0.05, 0) is 43.2 Å². The summed E-state index contributed by atoms with van der Waals surface area (Å²) in [4.78, 5) is -0.110. The second kappa shape index (κ2) is 5.25. The van der Waals surface area contributed by atoms with E-state index in [4.69, 9.17) is 5.73 Å². The van der Waals surface area contributed by atoms with E-state index in [9.17, 15) is 17.9 Å². The van der Waals surface area contributed by atoms with Crippen LogP contribution in [-0.2, 0) is 10.0 Å². The lowest BCUT2D eigenvalue weighted by Crippen LogP contribution is -2.15. The number of nitrogens with one attached hydrogen (secondary N) is 1. The molecule has 0 spiro atoms. The van der Waals surface area contributed by atoms with E-state index in [1.165, 1.54) is 19.1 Å². The van der Waals surface area contributed by atoms with Gasteiger partial charge < -0.3 is 10.8 Å². The molecule has 0 fully saturated rings. The number of phenolic OH excluding ortho intramolecular Hbond substituents is 1. The third-order valence-electron chi connectivity index (χ3n) is 3.05. The molecule has 2 aromatic carbocycles. The summed E-state index contributed by atoms with van der Waals surface area (Å²) >= 11 is 0. The van der Waals surface area contributed by atoms with Crippen LogP contribution >= 0.6 is 0 Å². The van der Waals surface area contributed by atoms with Gasteiger partial charge in [0.15, 0.2) is 0 Å². The molecule has 0 aliphatic rings. The summed E-state index contributed by atoms with van der Waals surface area (Å²) in [6.45, 7) is 3.17. The van der Waals surface area contributed by atoms with Crippen molar-refractivity contribution in [3.05, 3.63) is 47.3 Å². The quantitative estimate of drug-likeness (QED) is 0.760. The second-order valence-electron chi connectivity index (χ2n) is 4.75. The smallest absolute Gasteiger partial charge is 0.262 e. The Bertz CT molecular complexity index is 804. The third-order valence-corrected chi connectivity index (χ3v) is 4.57. The summed E-state index contributed by atoms with van der Waals surface area (Å²) < 4.78 is 40.2. The Hall–Kier alpha value is -2.28. The highest BCUT2D eigenvalue weighted by molar-refractivity contribution is 7.92. The highest BCUT2D eigenvalue weighted by atomic mass is 32.2. The molecule has 2 aromatic rings. The minimum absolute atomic E-state index is 0.0226. The van der Waals surface area contributed by atoms with Gasteiger partial charge in [0, 0.05) is 6.07 Å². The normalized spacial score (nSPS) is 11.4. The first kappa shape index (κ1) is 15.1. The Labute approximate surface area is 122 Å². The Morgan fingerprint density at radius 1 is 1.14 bits per heavy atom. The number of anilines is 2. The van der Waals surface area contributed by atoms with E-state index in [-0.39, 0.29) is 27.6 Å². The van der Waals surface area contributed by atoms with Crippen LogP contribution in [0.1, 0.15) is 11.1 Å². The molecule has 5 nitrogen and oxygen atoms in total. The summed E-state index contributed by atoms with van der Waals surface area (Å²) in [5, 5.41) is 9.60.